The van der Waals surface area contributed by atoms with Crippen molar-refractivity contribution >= 4 is 11.6 Å². The van der Waals surface area contributed by atoms with Gasteiger partial charge < -0.3 is 0 Å². The van der Waals surface area contributed by atoms with Crippen LogP contribution >= 0.6 is 11.6 Å². The summed E-state index contributed by atoms with van der Waals surface area (Å²) in [5.41, 5.74) is 2.52. The predicted molar refractivity (Wildman–Crippen MR) is 69.6 cm³/mol. The number of benzene rings is 1. The van der Waals surface area contributed by atoms with E-state index in [0.717, 1.165) is 11.5 Å². The van der Waals surface area contributed by atoms with Crippen molar-refractivity contribution < 1.29 is 0 Å². The number of hydrogen-bond acceptors (Lipinski definition) is 2. The Kier molecular flexibility index (Phi) is 3.20. The molecule has 0 saturated carbocycles. The average molecular weight is 250 g/mol. The Morgan fingerprint density at radius 2 is 1.82 bits per heavy atom. The van der Waals surface area contributed by atoms with Crippen LogP contribution in [0, 0.1) is 0 Å². The molecule has 0 amide bonds. The molecule has 0 N–H and O–H groups in total. The first-order valence-electron chi connectivity index (χ1n) is 5.58. The van der Waals surface area contributed by atoms with Gasteiger partial charge in [0.15, 0.2) is 5.82 Å². The third-order valence-electron chi connectivity index (χ3n) is 2.75. The van der Waals surface area contributed by atoms with Gasteiger partial charge in [-0.05, 0) is 23.1 Å². The Hall–Kier alpha value is -1.35. The minimum Gasteiger partial charge on any atom is -0.285 e. The zero-order chi connectivity index (χ0) is 12.5. The van der Waals surface area contributed by atoms with Gasteiger partial charge >= 0.3 is 0 Å². The van der Waals surface area contributed by atoms with Crippen LogP contribution in [-0.2, 0) is 11.3 Å². The molecule has 1 aromatic carbocycles. The molecule has 0 saturated heterocycles. The van der Waals surface area contributed by atoms with Crippen LogP contribution in [0.3, 0.4) is 0 Å². The minimum atomic E-state index is 0.168. The monoisotopic (exact) mass is 249 g/mol. The summed E-state index contributed by atoms with van der Waals surface area (Å²) in [6.45, 7) is 6.60. The summed E-state index contributed by atoms with van der Waals surface area (Å²) in [4.78, 5) is 0. The van der Waals surface area contributed by atoms with Gasteiger partial charge in [-0.25, -0.2) is 0 Å². The predicted octanol–water partition coefficient (Wildman–Crippen LogP) is 3.30. The molecule has 0 radical (unpaired) electrons. The first-order chi connectivity index (χ1) is 8.02. The van der Waals surface area contributed by atoms with Crippen molar-refractivity contribution in [1.82, 2.24) is 14.8 Å². The summed E-state index contributed by atoms with van der Waals surface area (Å²) >= 11 is 5.80. The number of alkyl halides is 1. The van der Waals surface area contributed by atoms with E-state index in [0.29, 0.717) is 5.88 Å². The maximum Gasteiger partial charge on any atom is 0.152 e. The highest BCUT2D eigenvalue weighted by atomic mass is 35.5. The van der Waals surface area contributed by atoms with E-state index in [-0.39, 0.29) is 5.41 Å². The van der Waals surface area contributed by atoms with Crippen molar-refractivity contribution in [3.8, 4) is 5.69 Å². The van der Waals surface area contributed by atoms with Crippen LogP contribution in [0.1, 0.15) is 32.2 Å². The van der Waals surface area contributed by atoms with E-state index in [1.165, 1.54) is 5.56 Å². The standard InChI is InChI=1S/C13H16ClN3/c1-13(2,3)10-4-6-11(7-5-10)17-9-15-16-12(17)8-14/h4-7,9H,8H2,1-3H3. The molecule has 0 aliphatic rings. The van der Waals surface area contributed by atoms with Crippen molar-refractivity contribution in [1.29, 1.82) is 0 Å². The Balaban J connectivity index is 2.36. The Morgan fingerprint density at radius 1 is 1.18 bits per heavy atom. The third-order valence-corrected chi connectivity index (χ3v) is 2.99. The normalized spacial score (nSPS) is 11.8. The first kappa shape index (κ1) is 12.1. The van der Waals surface area contributed by atoms with Crippen LogP contribution in [0.15, 0.2) is 30.6 Å². The molecule has 3 nitrogen and oxygen atoms in total. The summed E-state index contributed by atoms with van der Waals surface area (Å²) in [7, 11) is 0. The molecule has 0 unspecified atom stereocenters. The molecular weight excluding hydrogens is 234 g/mol. The van der Waals surface area contributed by atoms with Crippen molar-refractivity contribution in [2.45, 2.75) is 32.1 Å². The number of rotatable bonds is 2. The fraction of sp³-hybridized carbons (Fsp3) is 0.385. The molecule has 4 heteroatoms. The van der Waals surface area contributed by atoms with Gasteiger partial charge in [0, 0.05) is 5.69 Å². The number of aromatic nitrogens is 3. The van der Waals surface area contributed by atoms with Crippen molar-refractivity contribution in [3.63, 3.8) is 0 Å². The van der Waals surface area contributed by atoms with Gasteiger partial charge in [-0.2, -0.15) is 0 Å². The second kappa shape index (κ2) is 4.49. The van der Waals surface area contributed by atoms with Gasteiger partial charge in [-0.1, -0.05) is 32.9 Å². The highest BCUT2D eigenvalue weighted by Gasteiger charge is 2.13. The highest BCUT2D eigenvalue weighted by molar-refractivity contribution is 6.16. The fourth-order valence-electron chi connectivity index (χ4n) is 1.69. The molecule has 0 aliphatic carbocycles. The molecule has 1 heterocycles. The maximum atomic E-state index is 5.80. The summed E-state index contributed by atoms with van der Waals surface area (Å²) in [6, 6.07) is 8.40. The second-order valence-electron chi connectivity index (χ2n) is 5.05. The van der Waals surface area contributed by atoms with Crippen LogP contribution < -0.4 is 0 Å². The average Bonchev–Trinajstić information content (AvgIpc) is 2.76. The number of nitrogens with zero attached hydrogens (tertiary/aromatic N) is 3. The second-order valence-corrected chi connectivity index (χ2v) is 5.31. The Labute approximate surface area is 106 Å². The highest BCUT2D eigenvalue weighted by Crippen LogP contribution is 2.23. The molecule has 17 heavy (non-hydrogen) atoms. The summed E-state index contributed by atoms with van der Waals surface area (Å²) in [5, 5.41) is 7.83. The minimum absolute atomic E-state index is 0.168. The topological polar surface area (TPSA) is 30.7 Å². The van der Waals surface area contributed by atoms with Crippen LogP contribution in [0.4, 0.5) is 0 Å². The SMILES string of the molecule is CC(C)(C)c1ccc(-n2cnnc2CCl)cc1. The molecule has 90 valence electrons. The van der Waals surface area contributed by atoms with Gasteiger partial charge in [0.05, 0.1) is 5.88 Å². The molecule has 2 aromatic rings. The van der Waals surface area contributed by atoms with Crippen LogP contribution in [-0.4, -0.2) is 14.8 Å². The van der Waals surface area contributed by atoms with Gasteiger partial charge in [0.1, 0.15) is 6.33 Å². The van der Waals surface area contributed by atoms with Crippen LogP contribution in [0.2, 0.25) is 0 Å². The summed E-state index contributed by atoms with van der Waals surface area (Å²) < 4.78 is 1.90. The van der Waals surface area contributed by atoms with Crippen molar-refractivity contribution in [2.75, 3.05) is 0 Å². The largest absolute Gasteiger partial charge is 0.285 e. The van der Waals surface area contributed by atoms with E-state index in [4.69, 9.17) is 11.6 Å². The van der Waals surface area contributed by atoms with Crippen molar-refractivity contribution in [3.05, 3.63) is 42.0 Å². The molecule has 2 rings (SSSR count). The van der Waals surface area contributed by atoms with E-state index in [1.807, 2.05) is 4.57 Å². The maximum absolute atomic E-state index is 5.80. The Bertz CT molecular complexity index is 494. The lowest BCUT2D eigenvalue weighted by atomic mass is 9.87. The third kappa shape index (κ3) is 2.50. The van der Waals surface area contributed by atoms with Gasteiger partial charge in [0.2, 0.25) is 0 Å². The number of halogens is 1. The molecule has 0 spiro atoms. The van der Waals surface area contributed by atoms with E-state index < -0.39 is 0 Å². The zero-order valence-electron chi connectivity index (χ0n) is 10.3. The van der Waals surface area contributed by atoms with Crippen LogP contribution in [0.25, 0.3) is 5.69 Å². The van der Waals surface area contributed by atoms with E-state index in [9.17, 15) is 0 Å². The molecule has 0 fully saturated rings. The zero-order valence-corrected chi connectivity index (χ0v) is 11.1. The molecule has 0 aliphatic heterocycles. The van der Waals surface area contributed by atoms with E-state index >= 15 is 0 Å². The quantitative estimate of drug-likeness (QED) is 0.765. The summed E-state index contributed by atoms with van der Waals surface area (Å²) in [6.07, 6.45) is 1.68. The molecule has 0 bridgehead atoms. The first-order valence-corrected chi connectivity index (χ1v) is 6.11. The van der Waals surface area contributed by atoms with Gasteiger partial charge in [-0.15, -0.1) is 21.8 Å². The molecular formula is C13H16ClN3. The summed E-state index contributed by atoms with van der Waals surface area (Å²) in [5.74, 6) is 1.12. The lowest BCUT2D eigenvalue weighted by Crippen LogP contribution is -2.11. The van der Waals surface area contributed by atoms with Crippen molar-refractivity contribution in [2.24, 2.45) is 0 Å². The van der Waals surface area contributed by atoms with E-state index in [2.05, 4.69) is 55.2 Å². The lowest BCUT2D eigenvalue weighted by molar-refractivity contribution is 0.590. The number of hydrogen-bond donors (Lipinski definition) is 0. The molecule has 0 atom stereocenters. The van der Waals surface area contributed by atoms with E-state index in [1.54, 1.807) is 6.33 Å². The molecule has 1 aromatic heterocycles. The Morgan fingerprint density at radius 3 is 2.35 bits per heavy atom. The fourth-order valence-corrected chi connectivity index (χ4v) is 1.87. The lowest BCUT2D eigenvalue weighted by Gasteiger charge is -2.19. The smallest absolute Gasteiger partial charge is 0.152 e. The van der Waals surface area contributed by atoms with Gasteiger partial charge in [0.25, 0.3) is 0 Å². The van der Waals surface area contributed by atoms with Crippen LogP contribution in [0.5, 0.6) is 0 Å². The van der Waals surface area contributed by atoms with Gasteiger partial charge in [-0.3, -0.25) is 4.57 Å².